The van der Waals surface area contributed by atoms with Crippen LogP contribution >= 0.6 is 0 Å². The lowest BCUT2D eigenvalue weighted by atomic mass is 9.82. The fourth-order valence-corrected chi connectivity index (χ4v) is 11.8. The molecule has 4 amide bonds. The molecule has 5 atom stereocenters. The number of piperidine rings is 2. The van der Waals surface area contributed by atoms with Gasteiger partial charge in [-0.15, -0.1) is 0 Å². The molecule has 4 fully saturated rings. The van der Waals surface area contributed by atoms with Gasteiger partial charge in [-0.3, -0.25) is 19.2 Å². The second-order valence-corrected chi connectivity index (χ2v) is 19.1. The zero-order valence-corrected chi connectivity index (χ0v) is 30.4. The molecule has 1 N–H and O–H groups in total. The average molecular weight is 705 g/mol. The van der Waals surface area contributed by atoms with Gasteiger partial charge in [0.2, 0.25) is 26.1 Å². The number of hydrogen-bond donors (Lipinski definition) is 1. The van der Waals surface area contributed by atoms with E-state index in [2.05, 4.69) is 0 Å². The zero-order valence-electron chi connectivity index (χ0n) is 29.4. The number of amides is 4. The number of fused-ring (bicyclic) bond motifs is 2. The maximum absolute atomic E-state index is 16.5. The van der Waals surface area contributed by atoms with Crippen molar-refractivity contribution in [3.05, 3.63) is 53.6 Å². The van der Waals surface area contributed by atoms with E-state index in [1.807, 2.05) is 54.3 Å². The van der Waals surface area contributed by atoms with E-state index in [4.69, 9.17) is 4.74 Å². The van der Waals surface area contributed by atoms with Crippen molar-refractivity contribution in [2.24, 2.45) is 5.92 Å². The number of nitrogens with zero attached hydrogens (tertiary/aromatic N) is 4. The SMILES string of the molecule is C[C@H]1[C@H]([Si](C)(C)F)[C@@H](CC(=O)N2CCC[C@H]2CO)O[C@]12C(=O)N(Cc1ccc(N3CCCCC3=O)cc1)c1ccc(N3CCCCC3=O)cc12. The molecule has 2 aromatic carbocycles. The van der Waals surface area contributed by atoms with Crippen LogP contribution in [0, 0.1) is 5.92 Å². The van der Waals surface area contributed by atoms with E-state index < -0.39 is 31.6 Å². The Hall–Kier alpha value is -3.61. The summed E-state index contributed by atoms with van der Waals surface area (Å²) in [6.07, 6.45) is 5.19. The van der Waals surface area contributed by atoms with Gasteiger partial charge in [-0.1, -0.05) is 19.1 Å². The number of likely N-dealkylation sites (tertiary alicyclic amines) is 1. The summed E-state index contributed by atoms with van der Waals surface area (Å²) in [6, 6.07) is 13.1. The first-order valence-electron chi connectivity index (χ1n) is 18.4. The Morgan fingerprint density at radius 1 is 0.920 bits per heavy atom. The van der Waals surface area contributed by atoms with Gasteiger partial charge in [0.15, 0.2) is 5.60 Å². The third-order valence-electron chi connectivity index (χ3n) is 11.8. The predicted molar refractivity (Wildman–Crippen MR) is 191 cm³/mol. The normalized spacial score (nSPS) is 28.7. The standard InChI is InChI=1S/C38H49FN4O6Si/c1-25-36(50(2,3)39)32(22-35(47)42-20-8-9-29(42)24-44)49-38(25)30-21-28(41-19-7-5-11-34(41)46)16-17-31(30)43(37(38)48)23-26-12-14-27(15-13-26)40-18-6-4-10-33(40)45/h12-17,21,25,29,32,36,44H,4-11,18-20,22-24H2,1-3H3/t25-,29-,32+,36-,38+/m0/s1. The first kappa shape index (κ1) is 34.8. The molecule has 0 aromatic heterocycles. The van der Waals surface area contributed by atoms with Crippen LogP contribution in [0.2, 0.25) is 18.6 Å². The van der Waals surface area contributed by atoms with Crippen molar-refractivity contribution in [1.82, 2.24) is 4.90 Å². The van der Waals surface area contributed by atoms with Crippen molar-refractivity contribution < 1.29 is 33.1 Å². The second-order valence-electron chi connectivity index (χ2n) is 15.3. The summed E-state index contributed by atoms with van der Waals surface area (Å²) in [5, 5.41) is 9.90. The number of hydrogen-bond acceptors (Lipinski definition) is 6. The highest BCUT2D eigenvalue weighted by Crippen LogP contribution is 2.61. The highest BCUT2D eigenvalue weighted by molar-refractivity contribution is 6.72. The highest BCUT2D eigenvalue weighted by atomic mass is 28.4. The monoisotopic (exact) mass is 704 g/mol. The number of aliphatic hydroxyl groups is 1. The quantitative estimate of drug-likeness (QED) is 0.291. The summed E-state index contributed by atoms with van der Waals surface area (Å²) < 4.78 is 23.4. The van der Waals surface area contributed by atoms with Crippen molar-refractivity contribution in [3.8, 4) is 0 Å². The molecule has 12 heteroatoms. The molecule has 0 saturated carbocycles. The molecule has 0 radical (unpaired) electrons. The van der Waals surface area contributed by atoms with Gasteiger partial charge in [0.1, 0.15) is 0 Å². The number of aliphatic hydroxyl groups excluding tert-OH is 1. The molecule has 5 aliphatic rings. The number of benzene rings is 2. The molecular formula is C38H49FN4O6Si. The van der Waals surface area contributed by atoms with Gasteiger partial charge < -0.3 is 33.6 Å². The maximum atomic E-state index is 16.5. The maximum Gasteiger partial charge on any atom is 0.264 e. The fraction of sp³-hybridized carbons (Fsp3) is 0.579. The van der Waals surface area contributed by atoms with Gasteiger partial charge in [-0.2, -0.15) is 0 Å². The number of halogens is 1. The van der Waals surface area contributed by atoms with Crippen LogP contribution in [0.3, 0.4) is 0 Å². The van der Waals surface area contributed by atoms with Gasteiger partial charge >= 0.3 is 0 Å². The summed E-state index contributed by atoms with van der Waals surface area (Å²) in [5.41, 5.74) is 1.44. The second kappa shape index (κ2) is 13.5. The van der Waals surface area contributed by atoms with Crippen LogP contribution in [0.25, 0.3) is 0 Å². The molecule has 7 rings (SSSR count). The molecule has 5 aliphatic heterocycles. The Morgan fingerprint density at radius 3 is 2.18 bits per heavy atom. The molecule has 50 heavy (non-hydrogen) atoms. The Kier molecular flexibility index (Phi) is 9.40. The van der Waals surface area contributed by atoms with Crippen LogP contribution in [0.1, 0.15) is 75.8 Å². The lowest BCUT2D eigenvalue weighted by molar-refractivity contribution is -0.150. The molecule has 0 unspecified atom stereocenters. The molecule has 4 saturated heterocycles. The molecule has 268 valence electrons. The number of rotatable bonds is 8. The van der Waals surface area contributed by atoms with Gasteiger partial charge in [-0.05, 0) is 87.5 Å². The summed E-state index contributed by atoms with van der Waals surface area (Å²) in [6.45, 7) is 7.03. The lowest BCUT2D eigenvalue weighted by Gasteiger charge is -2.32. The highest BCUT2D eigenvalue weighted by Gasteiger charge is 2.67. The van der Waals surface area contributed by atoms with Crippen LogP contribution in [0.5, 0.6) is 0 Å². The largest absolute Gasteiger partial charge is 0.394 e. The molecule has 10 nitrogen and oxygen atoms in total. The Bertz CT molecular complexity index is 1670. The van der Waals surface area contributed by atoms with E-state index in [1.165, 1.54) is 0 Å². The Balaban J connectivity index is 1.26. The van der Waals surface area contributed by atoms with Crippen molar-refractivity contribution in [3.63, 3.8) is 0 Å². The lowest BCUT2D eigenvalue weighted by Crippen LogP contribution is -2.45. The van der Waals surface area contributed by atoms with E-state index in [0.717, 1.165) is 49.8 Å². The summed E-state index contributed by atoms with van der Waals surface area (Å²) >= 11 is 0. The molecular weight excluding hydrogens is 656 g/mol. The minimum atomic E-state index is -3.52. The number of ether oxygens (including phenoxy) is 1. The fourth-order valence-electron chi connectivity index (χ4n) is 9.33. The third kappa shape index (κ3) is 5.96. The molecule has 0 aliphatic carbocycles. The van der Waals surface area contributed by atoms with Gasteiger partial charge in [-0.25, -0.2) is 0 Å². The van der Waals surface area contributed by atoms with Crippen molar-refractivity contribution in [2.75, 3.05) is 40.9 Å². The summed E-state index contributed by atoms with van der Waals surface area (Å²) in [5.74, 6) is -0.938. The first-order chi connectivity index (χ1) is 23.9. The topological polar surface area (TPSA) is 111 Å². The molecule has 1 spiro atoms. The van der Waals surface area contributed by atoms with Crippen molar-refractivity contribution >= 4 is 49.1 Å². The van der Waals surface area contributed by atoms with Gasteiger partial charge in [0.05, 0.1) is 37.4 Å². The van der Waals surface area contributed by atoms with E-state index >= 15 is 8.90 Å². The van der Waals surface area contributed by atoms with Crippen LogP contribution in [-0.2, 0) is 36.1 Å². The molecule has 2 aromatic rings. The predicted octanol–water partition coefficient (Wildman–Crippen LogP) is 5.42. The average Bonchev–Trinajstić information content (AvgIpc) is 3.76. The number of carbonyl (C=O) groups excluding carboxylic acids is 4. The minimum Gasteiger partial charge on any atom is -0.394 e. The van der Waals surface area contributed by atoms with Crippen LogP contribution in [0.15, 0.2) is 42.5 Å². The first-order valence-corrected chi connectivity index (χ1v) is 21.3. The number of carbonyl (C=O) groups is 4. The van der Waals surface area contributed by atoms with Crippen LogP contribution in [0.4, 0.5) is 21.2 Å². The Labute approximate surface area is 294 Å². The van der Waals surface area contributed by atoms with E-state index in [-0.39, 0.29) is 49.2 Å². The van der Waals surface area contributed by atoms with Gasteiger partial charge in [0, 0.05) is 60.9 Å². The van der Waals surface area contributed by atoms with Crippen LogP contribution < -0.4 is 14.7 Å². The van der Waals surface area contributed by atoms with Crippen LogP contribution in [-0.4, -0.2) is 80.4 Å². The summed E-state index contributed by atoms with van der Waals surface area (Å²) in [4.78, 5) is 61.2. The summed E-state index contributed by atoms with van der Waals surface area (Å²) in [7, 11) is -3.52. The van der Waals surface area contributed by atoms with Crippen molar-refractivity contribution in [2.45, 2.75) is 108 Å². The van der Waals surface area contributed by atoms with Crippen molar-refractivity contribution in [1.29, 1.82) is 0 Å². The number of anilines is 3. The smallest absolute Gasteiger partial charge is 0.264 e. The van der Waals surface area contributed by atoms with Gasteiger partial charge in [0.25, 0.3) is 5.91 Å². The molecule has 0 bridgehead atoms. The van der Waals surface area contributed by atoms with E-state index in [9.17, 15) is 19.5 Å². The zero-order chi connectivity index (χ0) is 35.4. The Morgan fingerprint density at radius 2 is 1.56 bits per heavy atom. The molecule has 5 heterocycles. The minimum absolute atomic E-state index is 0.0294. The van der Waals surface area contributed by atoms with E-state index in [1.54, 1.807) is 27.8 Å². The van der Waals surface area contributed by atoms with E-state index in [0.29, 0.717) is 49.4 Å². The third-order valence-corrected chi connectivity index (χ3v) is 14.2.